The number of carbonyl (C=O) groups is 1. The largest absolute Gasteiger partial charge is 0.361 e. The predicted molar refractivity (Wildman–Crippen MR) is 66.3 cm³/mol. The van der Waals surface area contributed by atoms with Gasteiger partial charge in [-0.2, -0.15) is 0 Å². The first kappa shape index (κ1) is 11.7. The van der Waals surface area contributed by atoms with Crippen LogP contribution in [0.2, 0.25) is 0 Å². The highest BCUT2D eigenvalue weighted by atomic mass is 16.5. The molecule has 1 N–H and O–H groups in total. The van der Waals surface area contributed by atoms with Crippen molar-refractivity contribution >= 4 is 5.91 Å². The van der Waals surface area contributed by atoms with Crippen molar-refractivity contribution in [3.05, 3.63) is 17.5 Å². The molecule has 1 atom stereocenters. The number of rotatable bonds is 4. The van der Waals surface area contributed by atoms with Crippen molar-refractivity contribution in [2.75, 3.05) is 19.6 Å². The van der Waals surface area contributed by atoms with E-state index in [4.69, 9.17) is 4.52 Å². The van der Waals surface area contributed by atoms with E-state index < -0.39 is 0 Å². The number of aromatic nitrogens is 1. The molecule has 0 radical (unpaired) electrons. The van der Waals surface area contributed by atoms with Crippen molar-refractivity contribution in [2.24, 2.45) is 5.92 Å². The molecule has 3 rings (SSSR count). The Morgan fingerprint density at radius 3 is 3.06 bits per heavy atom. The molecule has 1 saturated carbocycles. The number of hydrogen-bond acceptors (Lipinski definition) is 4. The molecule has 0 spiro atoms. The fraction of sp³-hybridized carbons (Fsp3) is 0.692. The second kappa shape index (κ2) is 4.72. The molecule has 1 aromatic rings. The lowest BCUT2D eigenvalue weighted by Gasteiger charge is -2.14. The van der Waals surface area contributed by atoms with E-state index >= 15 is 0 Å². The minimum absolute atomic E-state index is 0.128. The van der Waals surface area contributed by atoms with Crippen molar-refractivity contribution in [1.29, 1.82) is 0 Å². The summed E-state index contributed by atoms with van der Waals surface area (Å²) in [6.45, 7) is 4.85. The summed E-state index contributed by atoms with van der Waals surface area (Å²) in [6, 6.07) is 2.50. The van der Waals surface area contributed by atoms with Gasteiger partial charge in [-0.3, -0.25) is 4.79 Å². The lowest BCUT2D eigenvalue weighted by Crippen LogP contribution is -2.31. The van der Waals surface area contributed by atoms with E-state index in [-0.39, 0.29) is 5.91 Å². The van der Waals surface area contributed by atoms with Crippen LogP contribution in [-0.2, 0) is 0 Å². The summed E-state index contributed by atoms with van der Waals surface area (Å²) < 4.78 is 4.90. The summed E-state index contributed by atoms with van der Waals surface area (Å²) in [4.78, 5) is 14.3. The first-order valence-corrected chi connectivity index (χ1v) is 6.68. The maximum atomic E-state index is 11.8. The van der Waals surface area contributed by atoms with Gasteiger partial charge in [0, 0.05) is 25.2 Å². The van der Waals surface area contributed by atoms with E-state index in [1.54, 1.807) is 13.0 Å². The second-order valence-corrected chi connectivity index (χ2v) is 5.41. The molecule has 0 aromatic carbocycles. The molecule has 2 fully saturated rings. The zero-order chi connectivity index (χ0) is 12.5. The molecule has 2 heterocycles. The van der Waals surface area contributed by atoms with E-state index in [0.29, 0.717) is 17.4 Å². The fourth-order valence-electron chi connectivity index (χ4n) is 2.60. The lowest BCUT2D eigenvalue weighted by atomic mass is 10.1. The Bertz CT molecular complexity index is 439. The number of likely N-dealkylation sites (tertiary alicyclic amines) is 1. The minimum Gasteiger partial charge on any atom is -0.361 e. The number of carbonyl (C=O) groups excluding carboxylic acids is 1. The molecular weight excluding hydrogens is 230 g/mol. The summed E-state index contributed by atoms with van der Waals surface area (Å²) in [5.74, 6) is 1.13. The van der Waals surface area contributed by atoms with Gasteiger partial charge in [-0.05, 0) is 38.6 Å². The SMILES string of the molecule is Cc1cc(C(=O)NC[C@H]2CCN(C3CC3)C2)no1. The highest BCUT2D eigenvalue weighted by molar-refractivity contribution is 5.92. The molecule has 1 aromatic heterocycles. The third kappa shape index (κ3) is 2.56. The second-order valence-electron chi connectivity index (χ2n) is 5.41. The minimum atomic E-state index is -0.128. The zero-order valence-corrected chi connectivity index (χ0v) is 10.7. The molecule has 2 aliphatic rings. The summed E-state index contributed by atoms with van der Waals surface area (Å²) >= 11 is 0. The molecule has 1 aliphatic heterocycles. The molecule has 5 nitrogen and oxygen atoms in total. The smallest absolute Gasteiger partial charge is 0.273 e. The van der Waals surface area contributed by atoms with Crippen LogP contribution in [0.5, 0.6) is 0 Å². The molecule has 1 aliphatic carbocycles. The Balaban J connectivity index is 1.45. The number of amides is 1. The molecular formula is C13H19N3O2. The predicted octanol–water partition coefficient (Wildman–Crippen LogP) is 1.20. The Kier molecular flexibility index (Phi) is 3.07. The summed E-state index contributed by atoms with van der Waals surface area (Å²) in [7, 11) is 0. The van der Waals surface area contributed by atoms with Crippen LogP contribution in [0.25, 0.3) is 0 Å². The van der Waals surface area contributed by atoms with Gasteiger partial charge in [0.1, 0.15) is 5.76 Å². The van der Waals surface area contributed by atoms with E-state index in [2.05, 4.69) is 15.4 Å². The van der Waals surface area contributed by atoms with Gasteiger partial charge in [-0.15, -0.1) is 0 Å². The number of hydrogen-bond donors (Lipinski definition) is 1. The molecule has 0 unspecified atom stereocenters. The van der Waals surface area contributed by atoms with Crippen LogP contribution in [-0.4, -0.2) is 41.6 Å². The van der Waals surface area contributed by atoms with Gasteiger partial charge >= 0.3 is 0 Å². The molecule has 98 valence electrons. The van der Waals surface area contributed by atoms with Crippen LogP contribution in [0.15, 0.2) is 10.6 Å². The Morgan fingerprint density at radius 1 is 1.56 bits per heavy atom. The van der Waals surface area contributed by atoms with Crippen molar-refractivity contribution in [3.63, 3.8) is 0 Å². The summed E-state index contributed by atoms with van der Waals surface area (Å²) in [5.41, 5.74) is 0.379. The number of aryl methyl sites for hydroxylation is 1. The Hall–Kier alpha value is -1.36. The topological polar surface area (TPSA) is 58.4 Å². The van der Waals surface area contributed by atoms with E-state index in [0.717, 1.165) is 19.1 Å². The fourth-order valence-corrected chi connectivity index (χ4v) is 2.60. The first-order chi connectivity index (χ1) is 8.72. The monoisotopic (exact) mass is 249 g/mol. The van der Waals surface area contributed by atoms with Crippen molar-refractivity contribution in [2.45, 2.75) is 32.2 Å². The van der Waals surface area contributed by atoms with E-state index in [1.807, 2.05) is 0 Å². The average Bonchev–Trinajstić information content (AvgIpc) is 2.95. The third-order valence-corrected chi connectivity index (χ3v) is 3.79. The van der Waals surface area contributed by atoms with Crippen LogP contribution in [0.3, 0.4) is 0 Å². The summed E-state index contributed by atoms with van der Waals surface area (Å²) in [5, 5.41) is 6.66. The van der Waals surface area contributed by atoms with E-state index in [1.165, 1.54) is 25.8 Å². The van der Waals surface area contributed by atoms with Gasteiger partial charge in [0.15, 0.2) is 5.69 Å². The highest BCUT2D eigenvalue weighted by Crippen LogP contribution is 2.31. The van der Waals surface area contributed by atoms with Gasteiger partial charge in [-0.25, -0.2) is 0 Å². The standard InChI is InChI=1S/C13H19N3O2/c1-9-6-12(15-18-9)13(17)14-7-10-4-5-16(8-10)11-2-3-11/h6,10-11H,2-5,7-8H2,1H3,(H,14,17)/t10-/m1/s1. The zero-order valence-electron chi connectivity index (χ0n) is 10.7. The Morgan fingerprint density at radius 2 is 2.39 bits per heavy atom. The highest BCUT2D eigenvalue weighted by Gasteiger charge is 2.34. The maximum Gasteiger partial charge on any atom is 0.273 e. The van der Waals surface area contributed by atoms with Crippen molar-refractivity contribution in [3.8, 4) is 0 Å². The van der Waals surface area contributed by atoms with Crippen molar-refractivity contribution in [1.82, 2.24) is 15.4 Å². The molecule has 1 saturated heterocycles. The van der Waals surface area contributed by atoms with Crippen LogP contribution in [0.4, 0.5) is 0 Å². The maximum absolute atomic E-state index is 11.8. The number of nitrogens with one attached hydrogen (secondary N) is 1. The molecule has 18 heavy (non-hydrogen) atoms. The lowest BCUT2D eigenvalue weighted by molar-refractivity contribution is 0.0938. The van der Waals surface area contributed by atoms with Gasteiger partial charge in [0.25, 0.3) is 5.91 Å². The quantitative estimate of drug-likeness (QED) is 0.871. The average molecular weight is 249 g/mol. The summed E-state index contributed by atoms with van der Waals surface area (Å²) in [6.07, 6.45) is 3.91. The van der Waals surface area contributed by atoms with Crippen LogP contribution < -0.4 is 5.32 Å². The van der Waals surface area contributed by atoms with E-state index in [9.17, 15) is 4.79 Å². The third-order valence-electron chi connectivity index (χ3n) is 3.79. The van der Waals surface area contributed by atoms with Crippen LogP contribution in [0, 0.1) is 12.8 Å². The van der Waals surface area contributed by atoms with Crippen LogP contribution in [0.1, 0.15) is 35.5 Å². The van der Waals surface area contributed by atoms with Gasteiger partial charge in [0.2, 0.25) is 0 Å². The normalized spacial score (nSPS) is 24.4. The van der Waals surface area contributed by atoms with Gasteiger partial charge in [0.05, 0.1) is 0 Å². The molecule has 0 bridgehead atoms. The first-order valence-electron chi connectivity index (χ1n) is 6.68. The van der Waals surface area contributed by atoms with Gasteiger partial charge < -0.3 is 14.7 Å². The van der Waals surface area contributed by atoms with Crippen molar-refractivity contribution < 1.29 is 9.32 Å². The van der Waals surface area contributed by atoms with Crippen LogP contribution >= 0.6 is 0 Å². The molecule has 5 heteroatoms. The Labute approximate surface area is 107 Å². The molecule has 1 amide bonds. The number of nitrogens with zero attached hydrogens (tertiary/aromatic N) is 2. The van der Waals surface area contributed by atoms with Gasteiger partial charge in [-0.1, -0.05) is 5.16 Å².